The number of nitrogens with two attached hydrogens (primary N) is 1. The third-order valence-corrected chi connectivity index (χ3v) is 3.10. The van der Waals surface area contributed by atoms with E-state index >= 15 is 0 Å². The lowest BCUT2D eigenvalue weighted by atomic mass is 10.1. The van der Waals surface area contributed by atoms with E-state index in [9.17, 15) is 4.39 Å². The van der Waals surface area contributed by atoms with Crippen molar-refractivity contribution in [2.24, 2.45) is 5.73 Å². The molecule has 1 aliphatic rings. The first-order valence-electron chi connectivity index (χ1n) is 5.56. The molecule has 1 fully saturated rings. The van der Waals surface area contributed by atoms with Crippen LogP contribution in [0.3, 0.4) is 0 Å². The van der Waals surface area contributed by atoms with E-state index in [0.717, 1.165) is 29.8 Å². The van der Waals surface area contributed by atoms with Crippen molar-refractivity contribution in [2.75, 3.05) is 0 Å². The molecule has 0 amide bonds. The second-order valence-corrected chi connectivity index (χ2v) is 4.47. The Morgan fingerprint density at radius 1 is 0.947 bits per heavy atom. The van der Waals surface area contributed by atoms with Gasteiger partial charge in [0, 0.05) is 5.56 Å². The van der Waals surface area contributed by atoms with Crippen LogP contribution in [0.5, 0.6) is 0 Å². The van der Waals surface area contributed by atoms with Crippen molar-refractivity contribution in [2.45, 2.75) is 18.4 Å². The van der Waals surface area contributed by atoms with Gasteiger partial charge in [0.25, 0.3) is 0 Å². The van der Waals surface area contributed by atoms with E-state index in [2.05, 4.69) is 10.2 Å². The molecule has 0 aliphatic heterocycles. The first-order valence-corrected chi connectivity index (χ1v) is 5.56. The van der Waals surface area contributed by atoms with Crippen molar-refractivity contribution >= 4 is 24.8 Å². The van der Waals surface area contributed by atoms with Gasteiger partial charge in [-0.2, -0.15) is 10.2 Å². The second kappa shape index (κ2) is 5.82. The fourth-order valence-corrected chi connectivity index (χ4v) is 1.76. The molecule has 1 saturated carbocycles. The van der Waals surface area contributed by atoms with Crippen molar-refractivity contribution in [3.05, 3.63) is 47.9 Å². The van der Waals surface area contributed by atoms with E-state index in [1.54, 1.807) is 12.1 Å². The quantitative estimate of drug-likeness (QED) is 0.927. The van der Waals surface area contributed by atoms with Gasteiger partial charge < -0.3 is 5.73 Å². The van der Waals surface area contributed by atoms with Crippen LogP contribution in [0.2, 0.25) is 0 Å². The van der Waals surface area contributed by atoms with Gasteiger partial charge >= 0.3 is 0 Å². The average molecular weight is 302 g/mol. The van der Waals surface area contributed by atoms with Crippen molar-refractivity contribution in [1.82, 2.24) is 10.2 Å². The number of rotatable bonds is 2. The van der Waals surface area contributed by atoms with Gasteiger partial charge in [-0.3, -0.25) is 0 Å². The molecule has 0 bridgehead atoms. The highest BCUT2D eigenvalue weighted by Crippen LogP contribution is 2.41. The standard InChI is InChI=1S/C13H12FN3.2ClH/c14-10-3-1-9(2-4-10)11-5-6-12(17-16-11)13(15)7-8-13;;/h1-6H,7-8,15H2;2*1H. The molecule has 1 aromatic carbocycles. The van der Waals surface area contributed by atoms with Gasteiger partial charge in [0.15, 0.2) is 0 Å². The van der Waals surface area contributed by atoms with E-state index in [4.69, 9.17) is 5.73 Å². The highest BCUT2D eigenvalue weighted by atomic mass is 35.5. The molecule has 1 heterocycles. The van der Waals surface area contributed by atoms with Gasteiger partial charge in [-0.1, -0.05) is 0 Å². The molecule has 0 radical (unpaired) electrons. The van der Waals surface area contributed by atoms with Crippen molar-refractivity contribution in [1.29, 1.82) is 0 Å². The Hall–Kier alpha value is -1.23. The molecule has 0 saturated heterocycles. The molecule has 1 aliphatic carbocycles. The van der Waals surface area contributed by atoms with E-state index in [0.29, 0.717) is 0 Å². The van der Waals surface area contributed by atoms with Gasteiger partial charge in [0.1, 0.15) is 5.82 Å². The Morgan fingerprint density at radius 2 is 1.58 bits per heavy atom. The monoisotopic (exact) mass is 301 g/mol. The number of aromatic nitrogens is 2. The number of hydrogen-bond donors (Lipinski definition) is 1. The van der Waals surface area contributed by atoms with E-state index in [-0.39, 0.29) is 36.2 Å². The molecule has 0 spiro atoms. The van der Waals surface area contributed by atoms with Crippen LogP contribution in [-0.4, -0.2) is 10.2 Å². The Balaban J connectivity index is 0.000000902. The molecule has 1 aromatic heterocycles. The minimum Gasteiger partial charge on any atom is -0.320 e. The topological polar surface area (TPSA) is 51.8 Å². The summed E-state index contributed by atoms with van der Waals surface area (Å²) in [5.74, 6) is -0.253. The summed E-state index contributed by atoms with van der Waals surface area (Å²) in [6.07, 6.45) is 1.94. The maximum atomic E-state index is 12.8. The van der Waals surface area contributed by atoms with Gasteiger partial charge in [-0.25, -0.2) is 4.39 Å². The summed E-state index contributed by atoms with van der Waals surface area (Å²) in [6.45, 7) is 0. The Morgan fingerprint density at radius 3 is 2.05 bits per heavy atom. The van der Waals surface area contributed by atoms with Crippen LogP contribution < -0.4 is 5.73 Å². The highest BCUT2D eigenvalue weighted by molar-refractivity contribution is 5.85. The van der Waals surface area contributed by atoms with Gasteiger partial charge in [-0.05, 0) is 49.2 Å². The van der Waals surface area contributed by atoms with E-state index in [1.807, 2.05) is 12.1 Å². The maximum Gasteiger partial charge on any atom is 0.123 e. The van der Waals surface area contributed by atoms with Gasteiger partial charge in [0.05, 0.1) is 16.9 Å². The fraction of sp³-hybridized carbons (Fsp3) is 0.231. The molecule has 0 unspecified atom stereocenters. The molecule has 102 valence electrons. The maximum absolute atomic E-state index is 12.8. The van der Waals surface area contributed by atoms with Gasteiger partial charge in [0.2, 0.25) is 0 Å². The molecule has 3 rings (SSSR count). The summed E-state index contributed by atoms with van der Waals surface area (Å²) in [5, 5.41) is 8.28. The van der Waals surface area contributed by atoms with Crippen LogP contribution in [0.25, 0.3) is 11.3 Å². The van der Waals surface area contributed by atoms with Crippen molar-refractivity contribution in [3.8, 4) is 11.3 Å². The summed E-state index contributed by atoms with van der Waals surface area (Å²) in [7, 11) is 0. The Kier molecular flexibility index (Phi) is 4.85. The molecule has 19 heavy (non-hydrogen) atoms. The molecule has 0 atom stereocenters. The number of benzene rings is 1. The molecular formula is C13H14Cl2FN3. The lowest BCUT2D eigenvalue weighted by Gasteiger charge is -2.07. The lowest BCUT2D eigenvalue weighted by Crippen LogP contribution is -2.20. The Bertz CT molecular complexity index is 539. The number of halogens is 3. The summed E-state index contributed by atoms with van der Waals surface area (Å²) in [5.41, 5.74) is 8.19. The SMILES string of the molecule is Cl.Cl.NC1(c2ccc(-c3ccc(F)cc3)nn2)CC1. The van der Waals surface area contributed by atoms with Crippen LogP contribution in [0.1, 0.15) is 18.5 Å². The second-order valence-electron chi connectivity index (χ2n) is 4.47. The number of nitrogens with zero attached hydrogens (tertiary/aromatic N) is 2. The largest absolute Gasteiger partial charge is 0.320 e. The fourth-order valence-electron chi connectivity index (χ4n) is 1.76. The van der Waals surface area contributed by atoms with Gasteiger partial charge in [-0.15, -0.1) is 24.8 Å². The summed E-state index contributed by atoms with van der Waals surface area (Å²) in [4.78, 5) is 0. The zero-order valence-corrected chi connectivity index (χ0v) is 11.7. The first kappa shape index (κ1) is 15.8. The van der Waals surface area contributed by atoms with E-state index < -0.39 is 0 Å². The normalized spacial score (nSPS) is 15.1. The minimum atomic E-state index is -0.256. The van der Waals surface area contributed by atoms with E-state index in [1.165, 1.54) is 12.1 Å². The molecule has 2 N–H and O–H groups in total. The average Bonchev–Trinajstić information content (AvgIpc) is 3.10. The Labute approximate surface area is 123 Å². The summed E-state index contributed by atoms with van der Waals surface area (Å²) in [6, 6.07) is 9.98. The van der Waals surface area contributed by atoms with Crippen LogP contribution >= 0.6 is 24.8 Å². The zero-order valence-electron chi connectivity index (χ0n) is 10.0. The lowest BCUT2D eigenvalue weighted by molar-refractivity contribution is 0.628. The minimum absolute atomic E-state index is 0. The molecule has 6 heteroatoms. The van der Waals surface area contributed by atoms with Crippen molar-refractivity contribution < 1.29 is 4.39 Å². The summed E-state index contributed by atoms with van der Waals surface area (Å²) < 4.78 is 12.8. The third-order valence-electron chi connectivity index (χ3n) is 3.10. The third kappa shape index (κ3) is 3.21. The van der Waals surface area contributed by atoms with Crippen LogP contribution in [0.4, 0.5) is 4.39 Å². The predicted octanol–water partition coefficient (Wildman–Crippen LogP) is 3.07. The first-order chi connectivity index (χ1) is 8.17. The molecule has 2 aromatic rings. The zero-order chi connectivity index (χ0) is 11.9. The van der Waals surface area contributed by atoms with Crippen LogP contribution in [0.15, 0.2) is 36.4 Å². The number of hydrogen-bond acceptors (Lipinski definition) is 3. The molecule has 3 nitrogen and oxygen atoms in total. The summed E-state index contributed by atoms with van der Waals surface area (Å²) >= 11 is 0. The highest BCUT2D eigenvalue weighted by Gasteiger charge is 2.41. The van der Waals surface area contributed by atoms with Crippen molar-refractivity contribution in [3.63, 3.8) is 0 Å². The molecular weight excluding hydrogens is 288 g/mol. The smallest absolute Gasteiger partial charge is 0.123 e. The predicted molar refractivity (Wildman–Crippen MR) is 77.0 cm³/mol. The van der Waals surface area contributed by atoms with Crippen LogP contribution in [0, 0.1) is 5.82 Å². The van der Waals surface area contributed by atoms with Crippen LogP contribution in [-0.2, 0) is 5.54 Å².